The highest BCUT2D eigenvalue weighted by molar-refractivity contribution is 7.94. The molecule has 1 saturated heterocycles. The molecule has 0 aromatic heterocycles. The fourth-order valence-electron chi connectivity index (χ4n) is 2.96. The molecule has 10 heteroatoms. The third-order valence-electron chi connectivity index (χ3n) is 4.40. The number of hydrogen-bond acceptors (Lipinski definition) is 6. The van der Waals surface area contributed by atoms with Crippen molar-refractivity contribution in [3.05, 3.63) is 54.1 Å². The van der Waals surface area contributed by atoms with E-state index in [9.17, 15) is 21.6 Å². The Balaban J connectivity index is 2.03. The molecule has 28 heavy (non-hydrogen) atoms. The van der Waals surface area contributed by atoms with Crippen LogP contribution in [0, 0.1) is 0 Å². The van der Waals surface area contributed by atoms with Crippen molar-refractivity contribution in [2.24, 2.45) is 0 Å². The van der Waals surface area contributed by atoms with Crippen LogP contribution in [0.15, 0.2) is 53.4 Å². The second-order valence-corrected chi connectivity index (χ2v) is 10.3. The summed E-state index contributed by atoms with van der Waals surface area (Å²) in [6.07, 6.45) is -0.135. The number of carbonyl (C=O) groups excluding carboxylic acids is 1. The van der Waals surface area contributed by atoms with E-state index in [4.69, 9.17) is 4.74 Å². The predicted octanol–water partition coefficient (Wildman–Crippen LogP) is 1.58. The first-order valence-electron chi connectivity index (χ1n) is 8.41. The molecule has 1 heterocycles. The Morgan fingerprint density at radius 2 is 1.82 bits per heavy atom. The van der Waals surface area contributed by atoms with Gasteiger partial charge in [0, 0.05) is 20.0 Å². The maximum absolute atomic E-state index is 13.1. The van der Waals surface area contributed by atoms with E-state index in [1.54, 1.807) is 24.3 Å². The molecule has 0 N–H and O–H groups in total. The van der Waals surface area contributed by atoms with E-state index >= 15 is 0 Å². The van der Waals surface area contributed by atoms with Gasteiger partial charge in [-0.05, 0) is 23.8 Å². The lowest BCUT2D eigenvalue weighted by Gasteiger charge is -2.21. The van der Waals surface area contributed by atoms with E-state index in [0.29, 0.717) is 4.31 Å². The third kappa shape index (κ3) is 3.75. The fraction of sp³-hybridized carbons (Fsp3) is 0.278. The molecular formula is C18H20N2O6S2. The van der Waals surface area contributed by atoms with Crippen LogP contribution in [0.25, 0.3) is 0 Å². The number of ether oxygens (including phenoxy) is 1. The van der Waals surface area contributed by atoms with Crippen LogP contribution in [-0.4, -0.2) is 47.0 Å². The number of hydrogen-bond donors (Lipinski definition) is 0. The quantitative estimate of drug-likeness (QED) is 0.698. The molecule has 1 fully saturated rings. The number of benzene rings is 2. The minimum absolute atomic E-state index is 0.0185. The Labute approximate surface area is 164 Å². The number of amides is 1. The molecule has 0 aliphatic carbocycles. The summed E-state index contributed by atoms with van der Waals surface area (Å²) in [5.41, 5.74) is 0.774. The normalized spacial score (nSPS) is 16.5. The maximum atomic E-state index is 13.1. The summed E-state index contributed by atoms with van der Waals surface area (Å²) < 4.78 is 57.6. The van der Waals surface area contributed by atoms with Gasteiger partial charge in [0.05, 0.1) is 18.6 Å². The van der Waals surface area contributed by atoms with Crippen LogP contribution >= 0.6 is 0 Å². The SMILES string of the molecule is COc1ccc(N2C(=O)CCS2(=O)=O)cc1S(=O)(=O)N(C)Cc1ccccc1. The van der Waals surface area contributed by atoms with Crippen LogP contribution in [0.2, 0.25) is 0 Å². The van der Waals surface area contributed by atoms with Crippen LogP contribution < -0.4 is 9.04 Å². The molecule has 2 aromatic rings. The highest BCUT2D eigenvalue weighted by Crippen LogP contribution is 2.34. The number of nitrogens with zero attached hydrogens (tertiary/aromatic N) is 2. The molecular weight excluding hydrogens is 404 g/mol. The summed E-state index contributed by atoms with van der Waals surface area (Å²) in [5.74, 6) is -0.827. The lowest BCUT2D eigenvalue weighted by atomic mass is 10.2. The van der Waals surface area contributed by atoms with Gasteiger partial charge in [0.2, 0.25) is 26.0 Å². The number of carbonyl (C=O) groups is 1. The Bertz CT molecular complexity index is 1100. The van der Waals surface area contributed by atoms with E-state index in [0.717, 1.165) is 15.9 Å². The molecule has 3 rings (SSSR count). The molecule has 0 spiro atoms. The first-order valence-corrected chi connectivity index (χ1v) is 11.5. The second-order valence-electron chi connectivity index (χ2n) is 6.31. The number of anilines is 1. The first kappa shape index (κ1) is 20.3. The lowest BCUT2D eigenvalue weighted by Crippen LogP contribution is -2.30. The average molecular weight is 425 g/mol. The van der Waals surface area contributed by atoms with Gasteiger partial charge in [0.15, 0.2) is 0 Å². The smallest absolute Gasteiger partial charge is 0.246 e. The lowest BCUT2D eigenvalue weighted by molar-refractivity contribution is -0.116. The molecule has 8 nitrogen and oxygen atoms in total. The minimum atomic E-state index is -4.01. The molecule has 1 aliphatic rings. The summed E-state index contributed by atoms with van der Waals surface area (Å²) in [7, 11) is -5.07. The largest absolute Gasteiger partial charge is 0.495 e. The fourth-order valence-corrected chi connectivity index (χ4v) is 5.74. The van der Waals surface area contributed by atoms with Crippen molar-refractivity contribution in [3.63, 3.8) is 0 Å². The van der Waals surface area contributed by atoms with Crippen LogP contribution in [0.5, 0.6) is 5.75 Å². The molecule has 0 atom stereocenters. The molecule has 150 valence electrons. The molecule has 1 amide bonds. The average Bonchev–Trinajstić information content (AvgIpc) is 2.94. The van der Waals surface area contributed by atoms with Gasteiger partial charge in [-0.2, -0.15) is 4.31 Å². The van der Waals surface area contributed by atoms with Crippen molar-refractivity contribution < 1.29 is 26.4 Å². The topological polar surface area (TPSA) is 101 Å². The predicted molar refractivity (Wildman–Crippen MR) is 104 cm³/mol. The van der Waals surface area contributed by atoms with Crippen molar-refractivity contribution in [1.29, 1.82) is 0 Å². The van der Waals surface area contributed by atoms with E-state index in [1.807, 2.05) is 6.07 Å². The zero-order valence-corrected chi connectivity index (χ0v) is 17.0. The molecule has 0 unspecified atom stereocenters. The van der Waals surface area contributed by atoms with Gasteiger partial charge in [-0.15, -0.1) is 0 Å². The summed E-state index contributed by atoms with van der Waals surface area (Å²) in [6.45, 7) is 0.123. The molecule has 1 aliphatic heterocycles. The number of sulfonamides is 2. The van der Waals surface area contributed by atoms with Crippen molar-refractivity contribution >= 4 is 31.6 Å². The summed E-state index contributed by atoms with van der Waals surface area (Å²) in [5, 5.41) is 0. The van der Waals surface area contributed by atoms with Gasteiger partial charge in [-0.3, -0.25) is 4.79 Å². The van der Waals surface area contributed by atoms with Crippen molar-refractivity contribution in [2.45, 2.75) is 17.9 Å². The summed E-state index contributed by atoms with van der Waals surface area (Å²) in [4.78, 5) is 11.8. The number of rotatable bonds is 6. The Morgan fingerprint density at radius 3 is 2.39 bits per heavy atom. The summed E-state index contributed by atoms with van der Waals surface area (Å²) >= 11 is 0. The third-order valence-corrected chi connectivity index (χ3v) is 7.91. The molecule has 2 aromatic carbocycles. The standard InChI is InChI=1S/C18H20N2O6S2/c1-19(13-14-6-4-3-5-7-14)28(24,25)17-12-15(8-9-16(17)26-2)20-18(21)10-11-27(20,22)23/h3-9,12H,10-11,13H2,1-2H3. The van der Waals surface area contributed by atoms with Gasteiger partial charge in [-0.25, -0.2) is 21.1 Å². The minimum Gasteiger partial charge on any atom is -0.495 e. The molecule has 0 bridgehead atoms. The van der Waals surface area contributed by atoms with E-state index in [-0.39, 0.29) is 35.1 Å². The van der Waals surface area contributed by atoms with Gasteiger partial charge in [0.1, 0.15) is 10.6 Å². The van der Waals surface area contributed by atoms with Crippen molar-refractivity contribution in [2.75, 3.05) is 24.2 Å². The van der Waals surface area contributed by atoms with Gasteiger partial charge in [0.25, 0.3) is 0 Å². The van der Waals surface area contributed by atoms with E-state index in [1.165, 1.54) is 26.3 Å². The van der Waals surface area contributed by atoms with Crippen LogP contribution in [0.1, 0.15) is 12.0 Å². The Kier molecular flexibility index (Phi) is 5.46. The summed E-state index contributed by atoms with van der Waals surface area (Å²) in [6, 6.07) is 12.9. The van der Waals surface area contributed by atoms with Gasteiger partial charge < -0.3 is 4.74 Å². The second kappa shape index (κ2) is 7.53. The van der Waals surface area contributed by atoms with E-state index in [2.05, 4.69) is 0 Å². The zero-order chi connectivity index (χ0) is 20.5. The Hall–Kier alpha value is -2.43. The van der Waals surface area contributed by atoms with Gasteiger partial charge in [-0.1, -0.05) is 30.3 Å². The number of methoxy groups -OCH3 is 1. The van der Waals surface area contributed by atoms with E-state index < -0.39 is 26.0 Å². The van der Waals surface area contributed by atoms with Crippen LogP contribution in [0.4, 0.5) is 5.69 Å². The highest BCUT2D eigenvalue weighted by atomic mass is 32.2. The van der Waals surface area contributed by atoms with Crippen molar-refractivity contribution in [3.8, 4) is 5.75 Å². The monoisotopic (exact) mass is 424 g/mol. The van der Waals surface area contributed by atoms with Crippen molar-refractivity contribution in [1.82, 2.24) is 4.31 Å². The van der Waals surface area contributed by atoms with Crippen LogP contribution in [-0.2, 0) is 31.4 Å². The maximum Gasteiger partial charge on any atom is 0.246 e. The zero-order valence-electron chi connectivity index (χ0n) is 15.4. The Morgan fingerprint density at radius 1 is 1.14 bits per heavy atom. The van der Waals surface area contributed by atoms with Crippen LogP contribution in [0.3, 0.4) is 0 Å². The highest BCUT2D eigenvalue weighted by Gasteiger charge is 2.37. The molecule has 0 saturated carbocycles. The molecule has 0 radical (unpaired) electrons. The first-order chi connectivity index (χ1) is 13.2. The van der Waals surface area contributed by atoms with Gasteiger partial charge >= 0.3 is 0 Å².